The highest BCUT2D eigenvalue weighted by molar-refractivity contribution is 9.11. The lowest BCUT2D eigenvalue weighted by atomic mass is 10.3. The zero-order chi connectivity index (χ0) is 20.6. The van der Waals surface area contributed by atoms with Gasteiger partial charge in [0.2, 0.25) is 5.91 Å². The second kappa shape index (κ2) is 15.7. The van der Waals surface area contributed by atoms with Gasteiger partial charge < -0.3 is 29.4 Å². The summed E-state index contributed by atoms with van der Waals surface area (Å²) in [5.74, 6) is -0.530. The highest BCUT2D eigenvalue weighted by Gasteiger charge is 2.04. The van der Waals surface area contributed by atoms with E-state index in [-0.39, 0.29) is 18.7 Å². The summed E-state index contributed by atoms with van der Waals surface area (Å²) in [6.07, 6.45) is -0.194. The predicted molar refractivity (Wildman–Crippen MR) is 110 cm³/mol. The van der Waals surface area contributed by atoms with Crippen molar-refractivity contribution in [2.45, 2.75) is 12.8 Å². The van der Waals surface area contributed by atoms with E-state index in [1.807, 2.05) is 18.2 Å². The van der Waals surface area contributed by atoms with Crippen molar-refractivity contribution in [1.82, 2.24) is 5.32 Å². The van der Waals surface area contributed by atoms with Gasteiger partial charge in [0.05, 0.1) is 50.5 Å². The average Bonchev–Trinajstić information content (AvgIpc) is 2.66. The molecule has 0 bridgehead atoms. The summed E-state index contributed by atoms with van der Waals surface area (Å²) >= 11 is 6.82. The van der Waals surface area contributed by atoms with Crippen molar-refractivity contribution in [3.05, 3.63) is 27.1 Å². The van der Waals surface area contributed by atoms with Gasteiger partial charge in [-0.2, -0.15) is 0 Å². The molecule has 1 aromatic rings. The fourth-order valence-corrected chi connectivity index (χ4v) is 2.61. The summed E-state index contributed by atoms with van der Waals surface area (Å²) in [7, 11) is 0. The van der Waals surface area contributed by atoms with Gasteiger partial charge in [-0.1, -0.05) is 15.9 Å². The standard InChI is InChI=1S/C18H25Br2NO7/c19-14-1-2-15(20)16(13-14)28-12-11-27-10-9-26-8-7-25-6-5-21-17(22)3-4-18(23)24/h1-2,13H,3-12H2,(H,21,22)(H,23,24). The van der Waals surface area contributed by atoms with Gasteiger partial charge in [-0.3, -0.25) is 9.59 Å². The molecule has 1 amide bonds. The van der Waals surface area contributed by atoms with Gasteiger partial charge in [0, 0.05) is 17.4 Å². The van der Waals surface area contributed by atoms with Crippen LogP contribution < -0.4 is 10.1 Å². The Kier molecular flexibility index (Phi) is 13.9. The molecule has 0 saturated heterocycles. The van der Waals surface area contributed by atoms with Gasteiger partial charge >= 0.3 is 5.97 Å². The number of hydrogen-bond donors (Lipinski definition) is 2. The Morgan fingerprint density at radius 3 is 2.14 bits per heavy atom. The fourth-order valence-electron chi connectivity index (χ4n) is 1.91. The molecule has 10 heteroatoms. The molecule has 1 aromatic carbocycles. The van der Waals surface area contributed by atoms with Crippen LogP contribution in [0.15, 0.2) is 27.1 Å². The predicted octanol–water partition coefficient (Wildman–Crippen LogP) is 2.62. The summed E-state index contributed by atoms with van der Waals surface area (Å²) in [4.78, 5) is 21.6. The molecule has 8 nitrogen and oxygen atoms in total. The Balaban J connectivity index is 1.85. The number of carbonyl (C=O) groups excluding carboxylic acids is 1. The number of rotatable bonds is 16. The molecule has 0 heterocycles. The van der Waals surface area contributed by atoms with Crippen LogP contribution >= 0.6 is 31.9 Å². The number of benzene rings is 1. The van der Waals surface area contributed by atoms with Crippen LogP contribution in [-0.2, 0) is 23.8 Å². The van der Waals surface area contributed by atoms with E-state index in [2.05, 4.69) is 37.2 Å². The van der Waals surface area contributed by atoms with E-state index < -0.39 is 5.97 Å². The molecule has 0 fully saturated rings. The van der Waals surface area contributed by atoms with Crippen molar-refractivity contribution >= 4 is 43.7 Å². The van der Waals surface area contributed by atoms with Crippen molar-refractivity contribution in [3.63, 3.8) is 0 Å². The number of amides is 1. The van der Waals surface area contributed by atoms with E-state index in [1.54, 1.807) is 0 Å². The van der Waals surface area contributed by atoms with Gasteiger partial charge in [-0.15, -0.1) is 0 Å². The number of nitrogens with one attached hydrogen (secondary N) is 1. The number of halogens is 2. The first-order valence-electron chi connectivity index (χ1n) is 8.78. The van der Waals surface area contributed by atoms with Crippen LogP contribution in [0.3, 0.4) is 0 Å². The van der Waals surface area contributed by atoms with Crippen molar-refractivity contribution in [2.24, 2.45) is 0 Å². The van der Waals surface area contributed by atoms with E-state index in [0.29, 0.717) is 52.8 Å². The Morgan fingerprint density at radius 2 is 1.50 bits per heavy atom. The normalized spacial score (nSPS) is 10.6. The molecule has 0 unspecified atom stereocenters. The first-order valence-corrected chi connectivity index (χ1v) is 10.4. The van der Waals surface area contributed by atoms with Crippen LogP contribution in [0.4, 0.5) is 0 Å². The molecule has 0 aliphatic carbocycles. The van der Waals surface area contributed by atoms with Crippen LogP contribution in [0, 0.1) is 0 Å². The zero-order valence-electron chi connectivity index (χ0n) is 15.5. The summed E-state index contributed by atoms with van der Waals surface area (Å²) in [5.41, 5.74) is 0. The maximum atomic E-state index is 11.3. The zero-order valence-corrected chi connectivity index (χ0v) is 18.6. The second-order valence-corrected chi connectivity index (χ2v) is 7.27. The topological polar surface area (TPSA) is 103 Å². The van der Waals surface area contributed by atoms with Crippen molar-refractivity contribution < 1.29 is 33.6 Å². The number of hydrogen-bond acceptors (Lipinski definition) is 6. The van der Waals surface area contributed by atoms with E-state index in [0.717, 1.165) is 14.7 Å². The number of carbonyl (C=O) groups is 2. The number of carboxylic acid groups (broad SMARTS) is 1. The molecule has 28 heavy (non-hydrogen) atoms. The average molecular weight is 527 g/mol. The van der Waals surface area contributed by atoms with E-state index in [1.165, 1.54) is 0 Å². The molecule has 0 atom stereocenters. The molecule has 0 radical (unpaired) electrons. The molecule has 0 aliphatic heterocycles. The van der Waals surface area contributed by atoms with Gasteiger partial charge in [-0.05, 0) is 34.1 Å². The minimum atomic E-state index is -0.988. The van der Waals surface area contributed by atoms with Crippen molar-refractivity contribution in [2.75, 3.05) is 52.8 Å². The molecule has 0 saturated carbocycles. The molecular weight excluding hydrogens is 502 g/mol. The summed E-state index contributed by atoms with van der Waals surface area (Å²) in [6, 6.07) is 5.71. The lowest BCUT2D eigenvalue weighted by Gasteiger charge is -2.10. The number of carboxylic acids is 1. The summed E-state index contributed by atoms with van der Waals surface area (Å²) in [5, 5.41) is 11.0. The van der Waals surface area contributed by atoms with Crippen molar-refractivity contribution in [3.8, 4) is 5.75 Å². The molecule has 1 rings (SSSR count). The van der Waals surface area contributed by atoms with Crippen LogP contribution in [0.2, 0.25) is 0 Å². The smallest absolute Gasteiger partial charge is 0.303 e. The lowest BCUT2D eigenvalue weighted by molar-refractivity contribution is -0.138. The van der Waals surface area contributed by atoms with E-state index in [4.69, 9.17) is 24.1 Å². The van der Waals surface area contributed by atoms with Crippen molar-refractivity contribution in [1.29, 1.82) is 0 Å². The molecule has 0 spiro atoms. The van der Waals surface area contributed by atoms with Crippen LogP contribution in [0.1, 0.15) is 12.8 Å². The van der Waals surface area contributed by atoms with Gasteiger partial charge in [0.25, 0.3) is 0 Å². The fraction of sp³-hybridized carbons (Fsp3) is 0.556. The van der Waals surface area contributed by atoms with Crippen LogP contribution in [0.25, 0.3) is 0 Å². The minimum Gasteiger partial charge on any atom is -0.490 e. The Labute approximate surface area is 181 Å². The quantitative estimate of drug-likeness (QED) is 0.319. The number of aliphatic carboxylic acids is 1. The Hall–Kier alpha value is -1.20. The third-order valence-electron chi connectivity index (χ3n) is 3.26. The second-order valence-electron chi connectivity index (χ2n) is 5.50. The van der Waals surface area contributed by atoms with Crippen LogP contribution in [-0.4, -0.2) is 69.8 Å². The Morgan fingerprint density at radius 1 is 0.893 bits per heavy atom. The first-order chi connectivity index (χ1) is 13.5. The summed E-state index contributed by atoms with van der Waals surface area (Å²) < 4.78 is 23.6. The van der Waals surface area contributed by atoms with E-state index >= 15 is 0 Å². The van der Waals surface area contributed by atoms with Crippen LogP contribution in [0.5, 0.6) is 5.75 Å². The largest absolute Gasteiger partial charge is 0.490 e. The van der Waals surface area contributed by atoms with Gasteiger partial charge in [0.1, 0.15) is 12.4 Å². The van der Waals surface area contributed by atoms with E-state index in [9.17, 15) is 9.59 Å². The molecular formula is C18H25Br2NO7. The molecule has 0 aliphatic rings. The first kappa shape index (κ1) is 24.8. The summed E-state index contributed by atoms with van der Waals surface area (Å²) in [6.45, 7) is 3.34. The van der Waals surface area contributed by atoms with Gasteiger partial charge in [-0.25, -0.2) is 0 Å². The highest BCUT2D eigenvalue weighted by atomic mass is 79.9. The monoisotopic (exact) mass is 525 g/mol. The maximum absolute atomic E-state index is 11.3. The number of ether oxygens (including phenoxy) is 4. The van der Waals surface area contributed by atoms with Gasteiger partial charge in [0.15, 0.2) is 0 Å². The maximum Gasteiger partial charge on any atom is 0.303 e. The highest BCUT2D eigenvalue weighted by Crippen LogP contribution is 2.28. The lowest BCUT2D eigenvalue weighted by Crippen LogP contribution is -2.27. The third-order valence-corrected chi connectivity index (χ3v) is 4.41. The Bertz CT molecular complexity index is 601. The SMILES string of the molecule is O=C(O)CCC(=O)NCCOCCOCCOCCOc1cc(Br)ccc1Br. The minimum absolute atomic E-state index is 0.0242. The molecule has 158 valence electrons. The molecule has 0 aromatic heterocycles. The molecule has 2 N–H and O–H groups in total. The third kappa shape index (κ3) is 13.1.